The van der Waals surface area contributed by atoms with E-state index in [-0.39, 0.29) is 0 Å². The molecule has 1 nitrogen and oxygen atoms in total. The lowest BCUT2D eigenvalue weighted by Crippen LogP contribution is -2.51. The van der Waals surface area contributed by atoms with E-state index in [9.17, 15) is 0 Å². The molecule has 1 unspecified atom stereocenters. The summed E-state index contributed by atoms with van der Waals surface area (Å²) in [5, 5.41) is 3.62. The number of nitrogens with one attached hydrogen (secondary N) is 1. The maximum absolute atomic E-state index is 3.62. The summed E-state index contributed by atoms with van der Waals surface area (Å²) >= 11 is 0. The van der Waals surface area contributed by atoms with Crippen LogP contribution >= 0.6 is 0 Å². The molecule has 1 saturated carbocycles. The molecule has 0 amide bonds. The first-order chi connectivity index (χ1) is 9.33. The van der Waals surface area contributed by atoms with Gasteiger partial charge in [-0.2, -0.15) is 0 Å². The fourth-order valence-corrected chi connectivity index (χ4v) is 3.64. The third-order valence-electron chi connectivity index (χ3n) is 4.96. The van der Waals surface area contributed by atoms with Gasteiger partial charge in [0.2, 0.25) is 0 Å². The van der Waals surface area contributed by atoms with Gasteiger partial charge in [0.25, 0.3) is 0 Å². The van der Waals surface area contributed by atoms with Gasteiger partial charge >= 0.3 is 0 Å². The molecule has 1 fully saturated rings. The predicted octanol–water partition coefficient (Wildman–Crippen LogP) is 4.67. The van der Waals surface area contributed by atoms with Crippen LogP contribution in [-0.2, 0) is 5.41 Å². The van der Waals surface area contributed by atoms with E-state index < -0.39 is 0 Å². The second-order valence-corrected chi connectivity index (χ2v) is 6.07. The van der Waals surface area contributed by atoms with E-state index in [0.29, 0.717) is 11.5 Å². The molecule has 1 aliphatic rings. The van der Waals surface area contributed by atoms with Gasteiger partial charge in [0.1, 0.15) is 0 Å². The summed E-state index contributed by atoms with van der Waals surface area (Å²) in [6.45, 7) is 2.28. The lowest BCUT2D eigenvalue weighted by molar-refractivity contribution is 0.165. The molecule has 2 rings (SSSR count). The molecule has 1 aliphatic carbocycles. The zero-order valence-corrected chi connectivity index (χ0v) is 12.6. The summed E-state index contributed by atoms with van der Waals surface area (Å²) in [7, 11) is 2.15. The van der Waals surface area contributed by atoms with Gasteiger partial charge in [-0.25, -0.2) is 0 Å². The summed E-state index contributed by atoms with van der Waals surface area (Å²) in [5.41, 5.74) is 1.97. The minimum absolute atomic E-state index is 0.419. The molecule has 0 heterocycles. The molecule has 0 radical (unpaired) electrons. The van der Waals surface area contributed by atoms with Gasteiger partial charge < -0.3 is 5.32 Å². The molecular weight excluding hydrogens is 230 g/mol. The second kappa shape index (κ2) is 7.09. The number of benzene rings is 1. The Kier molecular flexibility index (Phi) is 5.45. The summed E-state index contributed by atoms with van der Waals surface area (Å²) < 4.78 is 0. The summed E-state index contributed by atoms with van der Waals surface area (Å²) in [5.74, 6) is 0. The standard InChI is InChI=1S/C18H29N/c1-3-4-5-9-13-17(19-2)18(14-10-15-18)16-11-7-6-8-12-16/h6-8,11-12,17,19H,3-5,9-10,13-15H2,1-2H3. The summed E-state index contributed by atoms with van der Waals surface area (Å²) in [4.78, 5) is 0. The van der Waals surface area contributed by atoms with Crippen LogP contribution in [0.3, 0.4) is 0 Å². The van der Waals surface area contributed by atoms with Crippen LogP contribution in [0.4, 0.5) is 0 Å². The van der Waals surface area contributed by atoms with Crippen LogP contribution in [0.2, 0.25) is 0 Å². The van der Waals surface area contributed by atoms with Crippen molar-refractivity contribution in [2.45, 2.75) is 69.7 Å². The molecule has 106 valence electrons. The molecule has 0 aromatic heterocycles. The Balaban J connectivity index is 2.02. The predicted molar refractivity (Wildman–Crippen MR) is 83.6 cm³/mol. The molecule has 19 heavy (non-hydrogen) atoms. The fourth-order valence-electron chi connectivity index (χ4n) is 3.64. The maximum Gasteiger partial charge on any atom is 0.0161 e. The van der Waals surface area contributed by atoms with Gasteiger partial charge in [0.15, 0.2) is 0 Å². The van der Waals surface area contributed by atoms with Crippen molar-refractivity contribution in [3.8, 4) is 0 Å². The van der Waals surface area contributed by atoms with E-state index in [4.69, 9.17) is 0 Å². The van der Waals surface area contributed by atoms with Gasteiger partial charge in [-0.15, -0.1) is 0 Å². The maximum atomic E-state index is 3.62. The zero-order valence-electron chi connectivity index (χ0n) is 12.6. The smallest absolute Gasteiger partial charge is 0.0161 e. The molecule has 0 spiro atoms. The van der Waals surface area contributed by atoms with E-state index in [1.807, 2.05) is 0 Å². The van der Waals surface area contributed by atoms with E-state index in [1.54, 1.807) is 5.56 Å². The molecule has 1 aromatic rings. The van der Waals surface area contributed by atoms with Crippen molar-refractivity contribution in [1.29, 1.82) is 0 Å². The summed E-state index contributed by atoms with van der Waals surface area (Å²) in [6, 6.07) is 11.8. The van der Waals surface area contributed by atoms with E-state index in [1.165, 1.54) is 51.4 Å². The highest BCUT2D eigenvalue weighted by Crippen LogP contribution is 2.47. The van der Waals surface area contributed by atoms with Crippen LogP contribution in [0.25, 0.3) is 0 Å². The quantitative estimate of drug-likeness (QED) is 0.669. The number of hydrogen-bond acceptors (Lipinski definition) is 1. The summed E-state index contributed by atoms with van der Waals surface area (Å²) in [6.07, 6.45) is 10.9. The SMILES string of the molecule is CCCCCCC(NC)C1(c2ccccc2)CCC1. The van der Waals surface area contributed by atoms with Gasteiger partial charge in [-0.3, -0.25) is 0 Å². The van der Waals surface area contributed by atoms with Gasteiger partial charge in [-0.05, 0) is 31.9 Å². The van der Waals surface area contributed by atoms with E-state index in [0.717, 1.165) is 0 Å². The van der Waals surface area contributed by atoms with Crippen LogP contribution < -0.4 is 5.32 Å². The number of unbranched alkanes of at least 4 members (excludes halogenated alkanes) is 3. The topological polar surface area (TPSA) is 12.0 Å². The largest absolute Gasteiger partial charge is 0.316 e. The van der Waals surface area contributed by atoms with E-state index >= 15 is 0 Å². The van der Waals surface area contributed by atoms with Crippen LogP contribution in [0.1, 0.15) is 63.9 Å². The molecular formula is C18H29N. The highest BCUT2D eigenvalue weighted by Gasteiger charge is 2.44. The van der Waals surface area contributed by atoms with Crippen molar-refractivity contribution in [2.75, 3.05) is 7.05 Å². The average molecular weight is 259 g/mol. The van der Waals surface area contributed by atoms with Crippen molar-refractivity contribution in [3.05, 3.63) is 35.9 Å². The lowest BCUT2D eigenvalue weighted by Gasteiger charge is -2.48. The van der Waals surface area contributed by atoms with Crippen LogP contribution in [0.5, 0.6) is 0 Å². The zero-order chi connectivity index (χ0) is 13.6. The molecule has 1 heteroatoms. The van der Waals surface area contributed by atoms with E-state index in [2.05, 4.69) is 49.6 Å². The van der Waals surface area contributed by atoms with Gasteiger partial charge in [-0.1, -0.05) is 69.4 Å². The Morgan fingerprint density at radius 1 is 1.11 bits per heavy atom. The molecule has 1 atom stereocenters. The van der Waals surface area contributed by atoms with Crippen LogP contribution in [0.15, 0.2) is 30.3 Å². The first kappa shape index (κ1) is 14.6. The minimum atomic E-state index is 0.419. The van der Waals surface area contributed by atoms with Gasteiger partial charge in [0, 0.05) is 11.5 Å². The molecule has 0 aliphatic heterocycles. The number of rotatable bonds is 8. The molecule has 1 aromatic carbocycles. The highest BCUT2D eigenvalue weighted by molar-refractivity contribution is 5.30. The first-order valence-corrected chi connectivity index (χ1v) is 8.06. The average Bonchev–Trinajstić information content (AvgIpc) is 2.41. The third kappa shape index (κ3) is 3.20. The van der Waals surface area contributed by atoms with Crippen molar-refractivity contribution in [3.63, 3.8) is 0 Å². The highest BCUT2D eigenvalue weighted by atomic mass is 14.9. The Hall–Kier alpha value is -0.820. The first-order valence-electron chi connectivity index (χ1n) is 8.06. The molecule has 1 N–H and O–H groups in total. The monoisotopic (exact) mass is 259 g/mol. The number of hydrogen-bond donors (Lipinski definition) is 1. The van der Waals surface area contributed by atoms with Crippen LogP contribution in [-0.4, -0.2) is 13.1 Å². The Morgan fingerprint density at radius 3 is 2.37 bits per heavy atom. The van der Waals surface area contributed by atoms with Crippen molar-refractivity contribution in [2.24, 2.45) is 0 Å². The normalized spacial score (nSPS) is 18.8. The molecule has 0 saturated heterocycles. The Labute approximate surface area is 118 Å². The molecule has 0 bridgehead atoms. The Morgan fingerprint density at radius 2 is 1.84 bits per heavy atom. The third-order valence-corrected chi connectivity index (χ3v) is 4.96. The van der Waals surface area contributed by atoms with Crippen LogP contribution in [0, 0.1) is 0 Å². The number of likely N-dealkylation sites (N-methyl/N-ethyl adjacent to an activating group) is 1. The lowest BCUT2D eigenvalue weighted by atomic mass is 9.59. The Bertz CT molecular complexity index is 353. The fraction of sp³-hybridized carbons (Fsp3) is 0.667. The van der Waals surface area contributed by atoms with Gasteiger partial charge in [0.05, 0.1) is 0 Å². The van der Waals surface area contributed by atoms with Crippen molar-refractivity contribution < 1.29 is 0 Å². The van der Waals surface area contributed by atoms with Crippen molar-refractivity contribution in [1.82, 2.24) is 5.32 Å². The minimum Gasteiger partial charge on any atom is -0.316 e. The second-order valence-electron chi connectivity index (χ2n) is 6.07. The van der Waals surface area contributed by atoms with Crippen molar-refractivity contribution >= 4 is 0 Å².